The minimum Gasteiger partial charge on any atom is -0.319 e. The molecule has 2 aromatic carbocycles. The van der Waals surface area contributed by atoms with Gasteiger partial charge in [-0.15, -0.1) is 0 Å². The molecule has 1 amide bonds. The highest BCUT2D eigenvalue weighted by Crippen LogP contribution is 2.25. The Kier molecular flexibility index (Phi) is 5.48. The summed E-state index contributed by atoms with van der Waals surface area (Å²) in [5.74, 6) is -0.337. The molecule has 0 saturated heterocycles. The number of nitrogens with zero attached hydrogens (tertiary/aromatic N) is 2. The lowest BCUT2D eigenvalue weighted by atomic mass is 10.1. The molecular weight excluding hydrogens is 388 g/mol. The van der Waals surface area contributed by atoms with E-state index in [2.05, 4.69) is 15.1 Å². The van der Waals surface area contributed by atoms with Gasteiger partial charge in [0.2, 0.25) is 10.0 Å². The lowest BCUT2D eigenvalue weighted by Crippen LogP contribution is -2.15. The Bertz CT molecular complexity index is 1180. The number of aromatic nitrogens is 2. The van der Waals surface area contributed by atoms with Crippen molar-refractivity contribution in [3.8, 4) is 5.69 Å². The van der Waals surface area contributed by atoms with Gasteiger partial charge in [0.05, 0.1) is 34.7 Å². The van der Waals surface area contributed by atoms with Crippen LogP contribution in [0.3, 0.4) is 0 Å². The first-order valence-electron chi connectivity index (χ1n) is 9.08. The summed E-state index contributed by atoms with van der Waals surface area (Å²) in [7, 11) is -3.44. The van der Waals surface area contributed by atoms with Crippen molar-refractivity contribution in [3.05, 3.63) is 70.5 Å². The van der Waals surface area contributed by atoms with E-state index >= 15 is 0 Å². The van der Waals surface area contributed by atoms with Crippen LogP contribution in [0, 0.1) is 27.7 Å². The highest BCUT2D eigenvalue weighted by Gasteiger charge is 2.17. The Labute approximate surface area is 170 Å². The van der Waals surface area contributed by atoms with Gasteiger partial charge < -0.3 is 5.32 Å². The quantitative estimate of drug-likeness (QED) is 0.668. The maximum Gasteiger partial charge on any atom is 0.255 e. The van der Waals surface area contributed by atoms with E-state index in [9.17, 15) is 13.2 Å². The molecule has 0 radical (unpaired) electrons. The minimum atomic E-state index is -3.44. The second kappa shape index (κ2) is 7.71. The fourth-order valence-corrected chi connectivity index (χ4v) is 3.64. The van der Waals surface area contributed by atoms with Gasteiger partial charge in [-0.3, -0.25) is 9.52 Å². The van der Waals surface area contributed by atoms with Crippen LogP contribution in [0.2, 0.25) is 0 Å². The van der Waals surface area contributed by atoms with E-state index in [1.54, 1.807) is 23.7 Å². The van der Waals surface area contributed by atoms with Gasteiger partial charge in [-0.2, -0.15) is 5.10 Å². The first kappa shape index (κ1) is 20.6. The van der Waals surface area contributed by atoms with Crippen molar-refractivity contribution >= 4 is 27.3 Å². The smallest absolute Gasteiger partial charge is 0.255 e. The first-order valence-corrected chi connectivity index (χ1v) is 11.0. The van der Waals surface area contributed by atoms with E-state index in [-0.39, 0.29) is 5.91 Å². The zero-order valence-electron chi connectivity index (χ0n) is 17.1. The Morgan fingerprint density at radius 1 is 1.00 bits per heavy atom. The number of nitrogens with one attached hydrogen (secondary N) is 2. The third-order valence-corrected chi connectivity index (χ3v) is 5.19. The molecule has 0 atom stereocenters. The van der Waals surface area contributed by atoms with Gasteiger partial charge in [-0.25, -0.2) is 13.1 Å². The van der Waals surface area contributed by atoms with Crippen LogP contribution in [0.25, 0.3) is 5.69 Å². The molecule has 0 fully saturated rings. The molecule has 152 valence electrons. The monoisotopic (exact) mass is 412 g/mol. The Morgan fingerprint density at radius 3 is 2.28 bits per heavy atom. The molecule has 0 aliphatic rings. The summed E-state index contributed by atoms with van der Waals surface area (Å²) < 4.78 is 27.3. The Morgan fingerprint density at radius 2 is 1.66 bits per heavy atom. The van der Waals surface area contributed by atoms with Gasteiger partial charge in [0.15, 0.2) is 0 Å². The molecule has 0 aliphatic carbocycles. The van der Waals surface area contributed by atoms with Crippen molar-refractivity contribution in [3.63, 3.8) is 0 Å². The van der Waals surface area contributed by atoms with E-state index in [1.165, 1.54) is 6.07 Å². The molecule has 1 aromatic heterocycles. The average Bonchev–Trinajstić information content (AvgIpc) is 2.91. The van der Waals surface area contributed by atoms with Crippen molar-refractivity contribution in [2.75, 3.05) is 16.3 Å². The highest BCUT2D eigenvalue weighted by molar-refractivity contribution is 7.92. The summed E-state index contributed by atoms with van der Waals surface area (Å²) in [5.41, 5.74) is 5.65. The fourth-order valence-electron chi connectivity index (χ4n) is 3.02. The minimum absolute atomic E-state index is 0.337. The van der Waals surface area contributed by atoms with Gasteiger partial charge in [0.25, 0.3) is 5.91 Å². The molecule has 2 N–H and O–H groups in total. The third-order valence-electron chi connectivity index (χ3n) is 4.60. The van der Waals surface area contributed by atoms with Crippen LogP contribution in [-0.2, 0) is 10.0 Å². The number of carbonyl (C=O) groups is 1. The number of sulfonamides is 1. The molecule has 29 heavy (non-hydrogen) atoms. The standard InChI is InChI=1S/C21H24N4O3S/c1-13-6-10-18(11-7-13)25-16(4)20(15(3)23-25)22-21(26)17-9-8-14(2)19(12-17)24-29(5,27)28/h6-12,24H,1-5H3,(H,22,26). The number of carbonyl (C=O) groups excluding carboxylic acids is 1. The molecule has 0 saturated carbocycles. The van der Waals surface area contributed by atoms with Crippen molar-refractivity contribution in [2.45, 2.75) is 27.7 Å². The van der Waals surface area contributed by atoms with Gasteiger partial charge in [-0.1, -0.05) is 23.8 Å². The van der Waals surface area contributed by atoms with Crippen LogP contribution in [0.15, 0.2) is 42.5 Å². The molecule has 0 aliphatic heterocycles. The van der Waals surface area contributed by atoms with Crippen LogP contribution >= 0.6 is 0 Å². The summed E-state index contributed by atoms with van der Waals surface area (Å²) in [6.45, 7) is 7.51. The number of hydrogen-bond acceptors (Lipinski definition) is 4. The zero-order valence-corrected chi connectivity index (χ0v) is 17.9. The topological polar surface area (TPSA) is 93.1 Å². The van der Waals surface area contributed by atoms with Crippen molar-refractivity contribution in [1.29, 1.82) is 0 Å². The summed E-state index contributed by atoms with van der Waals surface area (Å²) in [6, 6.07) is 12.9. The van der Waals surface area contributed by atoms with Crippen LogP contribution in [0.1, 0.15) is 32.9 Å². The number of rotatable bonds is 5. The molecule has 0 unspecified atom stereocenters. The normalized spacial score (nSPS) is 11.3. The maximum atomic E-state index is 12.8. The lowest BCUT2D eigenvalue weighted by molar-refractivity contribution is 0.102. The van der Waals surface area contributed by atoms with Crippen LogP contribution in [0.4, 0.5) is 11.4 Å². The second-order valence-electron chi connectivity index (χ2n) is 7.15. The number of benzene rings is 2. The van der Waals surface area contributed by atoms with E-state index in [1.807, 2.05) is 45.0 Å². The second-order valence-corrected chi connectivity index (χ2v) is 8.90. The summed E-state index contributed by atoms with van der Waals surface area (Å²) in [4.78, 5) is 12.8. The summed E-state index contributed by atoms with van der Waals surface area (Å²) in [5, 5.41) is 7.45. The van der Waals surface area contributed by atoms with Crippen molar-refractivity contribution in [1.82, 2.24) is 9.78 Å². The van der Waals surface area contributed by atoms with Gasteiger partial charge in [0.1, 0.15) is 0 Å². The maximum absolute atomic E-state index is 12.8. The third kappa shape index (κ3) is 4.65. The molecule has 1 heterocycles. The predicted octanol–water partition coefficient (Wildman–Crippen LogP) is 3.73. The van der Waals surface area contributed by atoms with E-state index in [0.29, 0.717) is 22.6 Å². The predicted molar refractivity (Wildman–Crippen MR) is 115 cm³/mol. The van der Waals surface area contributed by atoms with Crippen molar-refractivity contribution in [2.24, 2.45) is 0 Å². The number of hydrogen-bond donors (Lipinski definition) is 2. The van der Waals surface area contributed by atoms with Crippen LogP contribution < -0.4 is 10.0 Å². The molecular formula is C21H24N4O3S. The average molecular weight is 413 g/mol. The van der Waals surface area contributed by atoms with E-state index < -0.39 is 10.0 Å². The van der Waals surface area contributed by atoms with Gasteiger partial charge >= 0.3 is 0 Å². The molecule has 3 rings (SSSR count). The summed E-state index contributed by atoms with van der Waals surface area (Å²) >= 11 is 0. The van der Waals surface area contributed by atoms with E-state index in [0.717, 1.165) is 28.8 Å². The number of amides is 1. The number of aryl methyl sites for hydroxylation is 3. The van der Waals surface area contributed by atoms with Crippen LogP contribution in [-0.4, -0.2) is 30.4 Å². The lowest BCUT2D eigenvalue weighted by Gasteiger charge is -2.11. The largest absolute Gasteiger partial charge is 0.319 e. The first-order chi connectivity index (χ1) is 13.5. The number of anilines is 2. The Hall–Kier alpha value is -3.13. The fraction of sp³-hybridized carbons (Fsp3) is 0.238. The highest BCUT2D eigenvalue weighted by atomic mass is 32.2. The van der Waals surface area contributed by atoms with Crippen LogP contribution in [0.5, 0.6) is 0 Å². The molecule has 7 nitrogen and oxygen atoms in total. The Balaban J connectivity index is 1.90. The molecule has 3 aromatic rings. The molecule has 0 bridgehead atoms. The molecule has 0 spiro atoms. The zero-order chi connectivity index (χ0) is 21.3. The van der Waals surface area contributed by atoms with Gasteiger partial charge in [0, 0.05) is 5.56 Å². The van der Waals surface area contributed by atoms with Gasteiger partial charge in [-0.05, 0) is 57.5 Å². The summed E-state index contributed by atoms with van der Waals surface area (Å²) in [6.07, 6.45) is 1.07. The SMILES string of the molecule is Cc1ccc(-n2nc(C)c(NC(=O)c3ccc(C)c(NS(C)(=O)=O)c3)c2C)cc1. The van der Waals surface area contributed by atoms with E-state index in [4.69, 9.17) is 0 Å². The van der Waals surface area contributed by atoms with Crippen molar-refractivity contribution < 1.29 is 13.2 Å². The molecule has 8 heteroatoms.